The zero-order chi connectivity index (χ0) is 18.1. The van der Waals surface area contributed by atoms with Gasteiger partial charge < -0.3 is 10.5 Å². The molecule has 26 heavy (non-hydrogen) atoms. The van der Waals surface area contributed by atoms with Crippen molar-refractivity contribution in [1.82, 2.24) is 4.90 Å². The van der Waals surface area contributed by atoms with Gasteiger partial charge in [-0.25, -0.2) is 0 Å². The first-order chi connectivity index (χ1) is 12.6. The van der Waals surface area contributed by atoms with Crippen molar-refractivity contribution in [2.24, 2.45) is 5.73 Å². The van der Waals surface area contributed by atoms with Crippen LogP contribution in [0, 0.1) is 6.92 Å². The van der Waals surface area contributed by atoms with Crippen LogP contribution < -0.4 is 10.5 Å². The van der Waals surface area contributed by atoms with E-state index in [1.807, 2.05) is 0 Å². The minimum atomic E-state index is 0.0456. The molecule has 0 spiro atoms. The van der Waals surface area contributed by atoms with E-state index in [4.69, 9.17) is 10.5 Å². The number of likely N-dealkylation sites (tertiary alicyclic amines) is 1. The van der Waals surface area contributed by atoms with Crippen LogP contribution in [0.5, 0.6) is 5.75 Å². The molecule has 0 aromatic heterocycles. The van der Waals surface area contributed by atoms with Crippen LogP contribution in [-0.4, -0.2) is 30.1 Å². The summed E-state index contributed by atoms with van der Waals surface area (Å²) in [7, 11) is 0. The van der Waals surface area contributed by atoms with Crippen molar-refractivity contribution < 1.29 is 4.74 Å². The fourth-order valence-electron chi connectivity index (χ4n) is 4.40. The summed E-state index contributed by atoms with van der Waals surface area (Å²) >= 11 is 3.68. The fraction of sp³-hybridized carbons (Fsp3) is 0.455. The van der Waals surface area contributed by atoms with Gasteiger partial charge in [-0.1, -0.05) is 30.3 Å². The number of hydrogen-bond donors (Lipinski definition) is 1. The Labute approximate surface area is 164 Å². The number of benzene rings is 2. The molecule has 2 N–H and O–H groups in total. The second kappa shape index (κ2) is 7.71. The van der Waals surface area contributed by atoms with Gasteiger partial charge >= 0.3 is 0 Å². The molecule has 3 nitrogen and oxygen atoms in total. The number of halogens is 1. The highest BCUT2D eigenvalue weighted by Crippen LogP contribution is 2.39. The third kappa shape index (κ3) is 3.68. The largest absolute Gasteiger partial charge is 0.483 e. The number of nitrogens with two attached hydrogens (primary N) is 1. The molecule has 2 aromatic carbocycles. The molecule has 1 aliphatic heterocycles. The SMILES string of the molecule is Cc1ccc(OC2c3ccccc3CCC2N2CCC[C@H](N)C2)c(Br)c1. The highest BCUT2D eigenvalue weighted by atomic mass is 79.9. The van der Waals surface area contributed by atoms with E-state index >= 15 is 0 Å². The summed E-state index contributed by atoms with van der Waals surface area (Å²) in [5.41, 5.74) is 10.2. The van der Waals surface area contributed by atoms with Gasteiger partial charge in [0.1, 0.15) is 11.9 Å². The van der Waals surface area contributed by atoms with Crippen LogP contribution in [0.15, 0.2) is 46.9 Å². The van der Waals surface area contributed by atoms with Gasteiger partial charge in [-0.05, 0) is 83.9 Å². The maximum Gasteiger partial charge on any atom is 0.139 e. The quantitative estimate of drug-likeness (QED) is 0.796. The Morgan fingerprint density at radius 3 is 2.81 bits per heavy atom. The molecule has 1 heterocycles. The first kappa shape index (κ1) is 18.0. The Bertz CT molecular complexity index is 778. The van der Waals surface area contributed by atoms with E-state index in [1.165, 1.54) is 23.1 Å². The minimum Gasteiger partial charge on any atom is -0.483 e. The minimum absolute atomic E-state index is 0.0456. The summed E-state index contributed by atoms with van der Waals surface area (Å²) in [6, 6.07) is 15.7. The van der Waals surface area contributed by atoms with Gasteiger partial charge in [0.25, 0.3) is 0 Å². The summed E-state index contributed by atoms with van der Waals surface area (Å²) in [5, 5.41) is 0. The molecule has 4 rings (SSSR count). The second-order valence-corrected chi connectivity index (χ2v) is 8.53. The number of hydrogen-bond acceptors (Lipinski definition) is 3. The fourth-order valence-corrected chi connectivity index (χ4v) is 4.98. The van der Waals surface area contributed by atoms with Crippen molar-refractivity contribution in [2.45, 2.75) is 50.8 Å². The van der Waals surface area contributed by atoms with Crippen LogP contribution in [0.25, 0.3) is 0 Å². The van der Waals surface area contributed by atoms with Gasteiger partial charge in [0.05, 0.1) is 10.5 Å². The van der Waals surface area contributed by atoms with Crippen LogP contribution in [0.3, 0.4) is 0 Å². The van der Waals surface area contributed by atoms with Crippen LogP contribution in [0.4, 0.5) is 0 Å². The molecular weight excluding hydrogens is 388 g/mol. The summed E-state index contributed by atoms with van der Waals surface area (Å²) in [6.45, 7) is 4.19. The van der Waals surface area contributed by atoms with Crippen molar-refractivity contribution in [3.05, 3.63) is 63.6 Å². The van der Waals surface area contributed by atoms with E-state index in [0.717, 1.165) is 42.6 Å². The normalized spacial score (nSPS) is 26.3. The molecular formula is C22H27BrN2O. The monoisotopic (exact) mass is 414 g/mol. The lowest BCUT2D eigenvalue weighted by molar-refractivity contribution is 0.0363. The molecule has 4 heteroatoms. The van der Waals surface area contributed by atoms with Gasteiger partial charge in [0.2, 0.25) is 0 Å². The van der Waals surface area contributed by atoms with E-state index < -0.39 is 0 Å². The maximum absolute atomic E-state index is 6.64. The van der Waals surface area contributed by atoms with Crippen LogP contribution in [0.1, 0.15) is 42.1 Å². The molecule has 1 aliphatic carbocycles. The lowest BCUT2D eigenvalue weighted by Crippen LogP contribution is -2.51. The smallest absolute Gasteiger partial charge is 0.139 e. The molecule has 2 unspecified atom stereocenters. The molecule has 0 bridgehead atoms. The van der Waals surface area contributed by atoms with Crippen LogP contribution >= 0.6 is 15.9 Å². The van der Waals surface area contributed by atoms with E-state index in [0.29, 0.717) is 6.04 Å². The molecule has 138 valence electrons. The van der Waals surface area contributed by atoms with Crippen LogP contribution in [-0.2, 0) is 6.42 Å². The highest BCUT2D eigenvalue weighted by Gasteiger charge is 2.36. The highest BCUT2D eigenvalue weighted by molar-refractivity contribution is 9.10. The predicted octanol–water partition coefficient (Wildman–Crippen LogP) is 4.62. The van der Waals surface area contributed by atoms with Gasteiger partial charge in [0, 0.05) is 12.6 Å². The third-order valence-corrected chi connectivity index (χ3v) is 6.34. The Hall–Kier alpha value is -1.36. The van der Waals surface area contributed by atoms with E-state index in [2.05, 4.69) is 70.2 Å². The molecule has 1 fully saturated rings. The van der Waals surface area contributed by atoms with Crippen molar-refractivity contribution in [2.75, 3.05) is 13.1 Å². The van der Waals surface area contributed by atoms with Gasteiger partial charge in [-0.3, -0.25) is 4.90 Å². The topological polar surface area (TPSA) is 38.5 Å². The number of fused-ring (bicyclic) bond motifs is 1. The van der Waals surface area contributed by atoms with Gasteiger partial charge in [-0.2, -0.15) is 0 Å². The zero-order valence-electron chi connectivity index (χ0n) is 15.3. The third-order valence-electron chi connectivity index (χ3n) is 5.72. The maximum atomic E-state index is 6.64. The van der Waals surface area contributed by atoms with Crippen molar-refractivity contribution in [3.8, 4) is 5.75 Å². The Morgan fingerprint density at radius 1 is 1.15 bits per heavy atom. The molecule has 2 aliphatic rings. The zero-order valence-corrected chi connectivity index (χ0v) is 16.9. The molecule has 2 aromatic rings. The molecule has 0 amide bonds. The van der Waals surface area contributed by atoms with E-state index in [9.17, 15) is 0 Å². The van der Waals surface area contributed by atoms with Crippen molar-refractivity contribution in [1.29, 1.82) is 0 Å². The lowest BCUT2D eigenvalue weighted by atomic mass is 9.84. The summed E-state index contributed by atoms with van der Waals surface area (Å²) in [5.74, 6) is 0.920. The number of nitrogens with zero attached hydrogens (tertiary/aromatic N) is 1. The average Bonchev–Trinajstić information content (AvgIpc) is 2.64. The number of rotatable bonds is 3. The number of ether oxygens (including phenoxy) is 1. The van der Waals surface area contributed by atoms with E-state index in [1.54, 1.807) is 0 Å². The average molecular weight is 415 g/mol. The summed E-state index contributed by atoms with van der Waals surface area (Å²) in [4.78, 5) is 2.57. The van der Waals surface area contributed by atoms with Gasteiger partial charge in [0.15, 0.2) is 0 Å². The first-order valence-electron chi connectivity index (χ1n) is 9.62. The summed E-state index contributed by atoms with van der Waals surface area (Å²) in [6.07, 6.45) is 4.60. The van der Waals surface area contributed by atoms with Gasteiger partial charge in [-0.15, -0.1) is 0 Å². The Morgan fingerprint density at radius 2 is 2.00 bits per heavy atom. The lowest BCUT2D eigenvalue weighted by Gasteiger charge is -2.43. The second-order valence-electron chi connectivity index (χ2n) is 7.67. The van der Waals surface area contributed by atoms with Crippen LogP contribution in [0.2, 0.25) is 0 Å². The Balaban J connectivity index is 1.67. The molecule has 0 radical (unpaired) electrons. The van der Waals surface area contributed by atoms with Crippen molar-refractivity contribution >= 4 is 15.9 Å². The number of aryl methyl sites for hydroxylation is 2. The molecule has 0 saturated carbocycles. The van der Waals surface area contributed by atoms with Crippen molar-refractivity contribution in [3.63, 3.8) is 0 Å². The summed E-state index contributed by atoms with van der Waals surface area (Å²) < 4.78 is 7.66. The number of piperidine rings is 1. The molecule has 3 atom stereocenters. The van der Waals surface area contributed by atoms with E-state index in [-0.39, 0.29) is 12.1 Å². The Kier molecular flexibility index (Phi) is 5.35. The standard InChI is InChI=1S/C22H27BrN2O/c1-15-8-11-21(19(23)13-15)26-22-18-7-3-2-5-16(18)9-10-20(22)25-12-4-6-17(24)14-25/h2-3,5,7-8,11,13,17,20,22H,4,6,9-10,12,14,24H2,1H3/t17-,20?,22?/m0/s1. The first-order valence-corrected chi connectivity index (χ1v) is 10.4. The molecule has 1 saturated heterocycles. The predicted molar refractivity (Wildman–Crippen MR) is 110 cm³/mol.